The third-order valence-electron chi connectivity index (χ3n) is 3.90. The Hall–Kier alpha value is -2.96. The third-order valence-corrected chi connectivity index (χ3v) is 3.90. The van der Waals surface area contributed by atoms with Gasteiger partial charge in [0.2, 0.25) is 0 Å². The summed E-state index contributed by atoms with van der Waals surface area (Å²) in [6, 6.07) is 10.6. The van der Waals surface area contributed by atoms with Gasteiger partial charge in [0.05, 0.1) is 7.11 Å². The van der Waals surface area contributed by atoms with Crippen molar-refractivity contribution < 1.29 is 14.3 Å². The summed E-state index contributed by atoms with van der Waals surface area (Å²) in [4.78, 5) is 36.4. The number of hydrogen-bond acceptors (Lipinski definition) is 6. The van der Waals surface area contributed by atoms with Crippen molar-refractivity contribution in [1.29, 1.82) is 0 Å². The quantitative estimate of drug-likeness (QED) is 0.790. The van der Waals surface area contributed by atoms with Crippen molar-refractivity contribution in [2.24, 2.45) is 0 Å². The first-order chi connectivity index (χ1) is 11.7. The molecule has 1 aliphatic rings. The van der Waals surface area contributed by atoms with Gasteiger partial charge in [-0.2, -0.15) is 0 Å². The van der Waals surface area contributed by atoms with Crippen LogP contribution in [0.5, 0.6) is 0 Å². The van der Waals surface area contributed by atoms with Crippen LogP contribution in [-0.4, -0.2) is 60.0 Å². The van der Waals surface area contributed by atoms with Gasteiger partial charge in [0.1, 0.15) is 17.2 Å². The van der Waals surface area contributed by atoms with E-state index >= 15 is 0 Å². The van der Waals surface area contributed by atoms with E-state index in [1.54, 1.807) is 23.2 Å². The van der Waals surface area contributed by atoms with E-state index in [1.165, 1.54) is 13.2 Å². The van der Waals surface area contributed by atoms with Crippen LogP contribution in [0.4, 0.5) is 5.82 Å². The Kier molecular flexibility index (Phi) is 4.69. The van der Waals surface area contributed by atoms with Gasteiger partial charge in [-0.05, 0) is 24.3 Å². The minimum absolute atomic E-state index is 0.135. The number of pyridine rings is 2. The monoisotopic (exact) mass is 326 g/mol. The minimum Gasteiger partial charge on any atom is -0.464 e. The molecule has 3 heterocycles. The third kappa shape index (κ3) is 3.34. The molecule has 0 atom stereocenters. The molecule has 1 aliphatic heterocycles. The Morgan fingerprint density at radius 1 is 1.00 bits per heavy atom. The number of ether oxygens (including phenoxy) is 1. The lowest BCUT2D eigenvalue weighted by molar-refractivity contribution is 0.0593. The lowest BCUT2D eigenvalue weighted by atomic mass is 10.2. The maximum Gasteiger partial charge on any atom is 0.356 e. The van der Waals surface area contributed by atoms with Crippen molar-refractivity contribution in [3.05, 3.63) is 54.0 Å². The highest BCUT2D eigenvalue weighted by Crippen LogP contribution is 2.14. The number of carbonyl (C=O) groups is 2. The van der Waals surface area contributed by atoms with Gasteiger partial charge in [-0.1, -0.05) is 12.1 Å². The highest BCUT2D eigenvalue weighted by Gasteiger charge is 2.24. The fraction of sp³-hybridized carbons (Fsp3) is 0.294. The summed E-state index contributed by atoms with van der Waals surface area (Å²) in [6.07, 6.45) is 1.76. The molecule has 24 heavy (non-hydrogen) atoms. The first kappa shape index (κ1) is 15.9. The van der Waals surface area contributed by atoms with Crippen molar-refractivity contribution in [2.75, 3.05) is 38.2 Å². The Morgan fingerprint density at radius 2 is 1.75 bits per heavy atom. The molecule has 1 fully saturated rings. The van der Waals surface area contributed by atoms with Crippen LogP contribution in [0.15, 0.2) is 42.6 Å². The number of rotatable bonds is 3. The number of methoxy groups -OCH3 is 1. The van der Waals surface area contributed by atoms with Gasteiger partial charge in [0, 0.05) is 32.4 Å². The van der Waals surface area contributed by atoms with Crippen molar-refractivity contribution in [3.8, 4) is 0 Å². The number of aromatic nitrogens is 2. The molecule has 1 amide bonds. The van der Waals surface area contributed by atoms with Crippen molar-refractivity contribution in [1.82, 2.24) is 14.9 Å². The fourth-order valence-electron chi connectivity index (χ4n) is 2.61. The predicted octanol–water partition coefficient (Wildman–Crippen LogP) is 1.23. The first-order valence-corrected chi connectivity index (χ1v) is 7.69. The number of anilines is 1. The van der Waals surface area contributed by atoms with Crippen LogP contribution in [0.1, 0.15) is 21.0 Å². The Morgan fingerprint density at radius 3 is 2.42 bits per heavy atom. The van der Waals surface area contributed by atoms with E-state index in [0.29, 0.717) is 26.2 Å². The number of piperazine rings is 1. The van der Waals surface area contributed by atoms with Crippen molar-refractivity contribution in [2.45, 2.75) is 0 Å². The molecule has 0 unspecified atom stereocenters. The van der Waals surface area contributed by atoms with Gasteiger partial charge in [0.25, 0.3) is 5.91 Å². The molecule has 1 saturated heterocycles. The topological polar surface area (TPSA) is 75.6 Å². The molecular formula is C17H18N4O3. The van der Waals surface area contributed by atoms with Gasteiger partial charge in [-0.25, -0.2) is 14.8 Å². The summed E-state index contributed by atoms with van der Waals surface area (Å²) in [6.45, 7) is 2.58. The summed E-state index contributed by atoms with van der Waals surface area (Å²) in [5.41, 5.74) is 0.389. The molecule has 2 aromatic heterocycles. The standard InChI is InChI=1S/C17H18N4O3/c1-24-17(23)14-6-4-5-13(19-14)16(22)21-11-9-20(10-12-21)15-7-2-3-8-18-15/h2-8H,9-12H2,1H3. The van der Waals surface area contributed by atoms with Crippen LogP contribution >= 0.6 is 0 Å². The van der Waals surface area contributed by atoms with Gasteiger partial charge in [-0.3, -0.25) is 4.79 Å². The molecule has 0 aliphatic carbocycles. The van der Waals surface area contributed by atoms with Gasteiger partial charge < -0.3 is 14.5 Å². The average Bonchev–Trinajstić information content (AvgIpc) is 2.67. The van der Waals surface area contributed by atoms with E-state index in [4.69, 9.17) is 0 Å². The van der Waals surface area contributed by atoms with Crippen LogP contribution in [0.3, 0.4) is 0 Å². The fourth-order valence-corrected chi connectivity index (χ4v) is 2.61. The second kappa shape index (κ2) is 7.08. The van der Waals surface area contributed by atoms with E-state index in [2.05, 4.69) is 19.6 Å². The molecule has 3 rings (SSSR count). The zero-order valence-electron chi connectivity index (χ0n) is 13.4. The number of carbonyl (C=O) groups excluding carboxylic acids is 2. The van der Waals surface area contributed by atoms with E-state index in [1.807, 2.05) is 18.2 Å². The van der Waals surface area contributed by atoms with Crippen LogP contribution < -0.4 is 4.90 Å². The SMILES string of the molecule is COC(=O)c1cccc(C(=O)N2CCN(c3ccccn3)CC2)n1. The smallest absolute Gasteiger partial charge is 0.356 e. The molecular weight excluding hydrogens is 308 g/mol. The van der Waals surface area contributed by atoms with E-state index < -0.39 is 5.97 Å². The van der Waals surface area contributed by atoms with Crippen LogP contribution in [0, 0.1) is 0 Å². The highest BCUT2D eigenvalue weighted by molar-refractivity contribution is 5.94. The Balaban J connectivity index is 1.66. The second-order valence-corrected chi connectivity index (χ2v) is 5.37. The highest BCUT2D eigenvalue weighted by atomic mass is 16.5. The van der Waals surface area contributed by atoms with Gasteiger partial charge >= 0.3 is 5.97 Å². The summed E-state index contributed by atoms with van der Waals surface area (Å²) < 4.78 is 4.64. The Bertz CT molecular complexity index is 728. The van der Waals surface area contributed by atoms with Gasteiger partial charge in [-0.15, -0.1) is 0 Å². The average molecular weight is 326 g/mol. The number of hydrogen-bond donors (Lipinski definition) is 0. The largest absolute Gasteiger partial charge is 0.464 e. The summed E-state index contributed by atoms with van der Waals surface area (Å²) in [5, 5.41) is 0. The molecule has 7 nitrogen and oxygen atoms in total. The lowest BCUT2D eigenvalue weighted by Gasteiger charge is -2.35. The molecule has 0 bridgehead atoms. The number of nitrogens with zero attached hydrogens (tertiary/aromatic N) is 4. The molecule has 7 heteroatoms. The molecule has 0 radical (unpaired) electrons. The van der Waals surface area contributed by atoms with E-state index in [0.717, 1.165) is 5.82 Å². The van der Waals surface area contributed by atoms with E-state index in [-0.39, 0.29) is 17.3 Å². The zero-order chi connectivity index (χ0) is 16.9. The maximum atomic E-state index is 12.6. The van der Waals surface area contributed by atoms with E-state index in [9.17, 15) is 9.59 Å². The summed E-state index contributed by atoms with van der Waals surface area (Å²) in [7, 11) is 1.29. The molecule has 0 aromatic carbocycles. The second-order valence-electron chi connectivity index (χ2n) is 5.37. The van der Waals surface area contributed by atoms with Crippen LogP contribution in [0.2, 0.25) is 0 Å². The molecule has 124 valence electrons. The zero-order valence-corrected chi connectivity index (χ0v) is 13.4. The van der Waals surface area contributed by atoms with Gasteiger partial charge in [0.15, 0.2) is 0 Å². The number of esters is 1. The van der Waals surface area contributed by atoms with Crippen LogP contribution in [0.25, 0.3) is 0 Å². The molecule has 0 spiro atoms. The Labute approximate surface area is 139 Å². The lowest BCUT2D eigenvalue weighted by Crippen LogP contribution is -2.49. The summed E-state index contributed by atoms with van der Waals surface area (Å²) >= 11 is 0. The predicted molar refractivity (Wildman–Crippen MR) is 87.9 cm³/mol. The molecule has 2 aromatic rings. The maximum absolute atomic E-state index is 12.6. The van der Waals surface area contributed by atoms with Crippen molar-refractivity contribution >= 4 is 17.7 Å². The molecule has 0 saturated carbocycles. The first-order valence-electron chi connectivity index (χ1n) is 7.69. The van der Waals surface area contributed by atoms with Crippen molar-refractivity contribution in [3.63, 3.8) is 0 Å². The summed E-state index contributed by atoms with van der Waals surface area (Å²) in [5.74, 6) is 0.182. The molecule has 0 N–H and O–H groups in total. The van der Waals surface area contributed by atoms with Crippen LogP contribution in [-0.2, 0) is 4.74 Å². The minimum atomic E-state index is -0.551. The normalized spacial score (nSPS) is 14.4. The number of amides is 1.